The Hall–Kier alpha value is -1.47. The van der Waals surface area contributed by atoms with Gasteiger partial charge in [-0.3, -0.25) is 4.79 Å². The number of amides is 1. The van der Waals surface area contributed by atoms with E-state index in [0.29, 0.717) is 10.6 Å². The molecule has 1 saturated carbocycles. The van der Waals surface area contributed by atoms with Gasteiger partial charge in [-0.2, -0.15) is 0 Å². The summed E-state index contributed by atoms with van der Waals surface area (Å²) in [6.07, 6.45) is 9.34. The molecule has 2 N–H and O–H groups in total. The Balaban J connectivity index is 1.71. The van der Waals surface area contributed by atoms with Crippen LogP contribution in [0.4, 0.5) is 5.00 Å². The summed E-state index contributed by atoms with van der Waals surface area (Å²) in [7, 11) is 1.39. The molecule has 2 aliphatic rings. The molecule has 0 atom stereocenters. The van der Waals surface area contributed by atoms with E-state index < -0.39 is 0 Å². The molecule has 2 aliphatic carbocycles. The van der Waals surface area contributed by atoms with Crippen LogP contribution in [0.3, 0.4) is 0 Å². The summed E-state index contributed by atoms with van der Waals surface area (Å²) in [5.41, 5.74) is 1.66. The van der Waals surface area contributed by atoms with Crippen LogP contribution in [-0.2, 0) is 22.4 Å². The summed E-state index contributed by atoms with van der Waals surface area (Å²) in [6, 6.07) is 0. The Morgan fingerprint density at radius 1 is 1.12 bits per heavy atom. The number of nitrogens with one attached hydrogen (secondary N) is 2. The highest BCUT2D eigenvalue weighted by atomic mass is 32.1. The second-order valence-corrected chi connectivity index (χ2v) is 8.20. The minimum Gasteiger partial charge on any atom is -0.465 e. The van der Waals surface area contributed by atoms with Crippen molar-refractivity contribution in [3.05, 3.63) is 16.0 Å². The zero-order chi connectivity index (χ0) is 17.8. The van der Waals surface area contributed by atoms with E-state index in [1.165, 1.54) is 18.4 Å². The molecule has 0 unspecified atom stereocenters. The van der Waals surface area contributed by atoms with Crippen molar-refractivity contribution in [2.45, 2.75) is 57.8 Å². The second kappa shape index (κ2) is 8.27. The van der Waals surface area contributed by atoms with Gasteiger partial charge in [0.05, 0.1) is 12.7 Å². The first-order chi connectivity index (χ1) is 12.1. The Bertz CT molecular complexity index is 678. The van der Waals surface area contributed by atoms with Gasteiger partial charge in [-0.15, -0.1) is 11.3 Å². The maximum Gasteiger partial charge on any atom is 0.341 e. The SMILES string of the molecule is COC(=O)c1c(NC(=S)NC(=O)C2CCCCC2)sc2c1CCCC2. The molecule has 0 aliphatic heterocycles. The number of thiocarbonyl (C=S) groups is 1. The number of anilines is 1. The first-order valence-corrected chi connectivity index (χ1v) is 10.2. The molecule has 0 saturated heterocycles. The number of fused-ring (bicyclic) bond motifs is 1. The van der Waals surface area contributed by atoms with E-state index in [9.17, 15) is 9.59 Å². The van der Waals surface area contributed by atoms with Crippen molar-refractivity contribution in [1.29, 1.82) is 0 Å². The normalized spacial score (nSPS) is 17.5. The fourth-order valence-corrected chi connectivity index (χ4v) is 5.23. The zero-order valence-corrected chi connectivity index (χ0v) is 16.1. The molecule has 5 nitrogen and oxygen atoms in total. The number of aryl methyl sites for hydroxylation is 1. The van der Waals surface area contributed by atoms with Gasteiger partial charge in [0, 0.05) is 10.8 Å². The molecule has 0 aromatic carbocycles. The summed E-state index contributed by atoms with van der Waals surface area (Å²) in [5.74, 6) is -0.313. The van der Waals surface area contributed by atoms with Crippen LogP contribution in [-0.4, -0.2) is 24.1 Å². The highest BCUT2D eigenvalue weighted by Gasteiger charge is 2.27. The van der Waals surface area contributed by atoms with Crippen molar-refractivity contribution < 1.29 is 14.3 Å². The lowest BCUT2D eigenvalue weighted by atomic mass is 9.89. The van der Waals surface area contributed by atoms with Crippen LogP contribution in [0.1, 0.15) is 65.7 Å². The molecular formula is C18H24N2O3S2. The number of ether oxygens (including phenoxy) is 1. The summed E-state index contributed by atoms with van der Waals surface area (Å²) < 4.78 is 4.96. The first kappa shape index (κ1) is 18.3. The van der Waals surface area contributed by atoms with Gasteiger partial charge in [0.1, 0.15) is 5.00 Å². The van der Waals surface area contributed by atoms with Crippen LogP contribution in [0, 0.1) is 5.92 Å². The average Bonchev–Trinajstić information content (AvgIpc) is 2.99. The van der Waals surface area contributed by atoms with Crippen molar-refractivity contribution in [2.75, 3.05) is 12.4 Å². The lowest BCUT2D eigenvalue weighted by Crippen LogP contribution is -2.39. The third kappa shape index (κ3) is 4.20. The zero-order valence-electron chi connectivity index (χ0n) is 14.5. The van der Waals surface area contributed by atoms with Crippen molar-refractivity contribution in [3.8, 4) is 0 Å². The van der Waals surface area contributed by atoms with E-state index in [-0.39, 0.29) is 22.9 Å². The van der Waals surface area contributed by atoms with Crippen LogP contribution >= 0.6 is 23.6 Å². The van der Waals surface area contributed by atoms with Gasteiger partial charge in [0.25, 0.3) is 0 Å². The van der Waals surface area contributed by atoms with Crippen LogP contribution < -0.4 is 10.6 Å². The predicted molar refractivity (Wildman–Crippen MR) is 103 cm³/mol. The summed E-state index contributed by atoms with van der Waals surface area (Å²) >= 11 is 6.86. The third-order valence-corrected chi connectivity index (χ3v) is 6.41. The maximum absolute atomic E-state index is 12.3. The molecule has 7 heteroatoms. The lowest BCUT2D eigenvalue weighted by molar-refractivity contribution is -0.124. The monoisotopic (exact) mass is 380 g/mol. The van der Waals surface area contributed by atoms with Crippen LogP contribution in [0.15, 0.2) is 0 Å². The standard InChI is InChI=1S/C18H24N2O3S2/c1-23-17(22)14-12-9-5-6-10-13(12)25-16(14)20-18(24)19-15(21)11-7-3-2-4-8-11/h11H,2-10H2,1H3,(H2,19,20,21,24). The second-order valence-electron chi connectivity index (χ2n) is 6.68. The number of hydrogen-bond donors (Lipinski definition) is 2. The lowest BCUT2D eigenvalue weighted by Gasteiger charge is -2.21. The van der Waals surface area contributed by atoms with E-state index in [2.05, 4.69) is 10.6 Å². The highest BCUT2D eigenvalue weighted by Crippen LogP contribution is 2.38. The largest absolute Gasteiger partial charge is 0.465 e. The van der Waals surface area contributed by atoms with Gasteiger partial charge < -0.3 is 15.4 Å². The Labute approximate surface area is 157 Å². The molecule has 1 aromatic heterocycles. The van der Waals surface area contributed by atoms with Crippen LogP contribution in [0.25, 0.3) is 0 Å². The predicted octanol–water partition coefficient (Wildman–Crippen LogP) is 3.81. The van der Waals surface area contributed by atoms with E-state index in [1.807, 2.05) is 0 Å². The maximum atomic E-state index is 12.3. The van der Waals surface area contributed by atoms with Crippen molar-refractivity contribution in [1.82, 2.24) is 5.32 Å². The van der Waals surface area contributed by atoms with Gasteiger partial charge in [-0.25, -0.2) is 4.79 Å². The fourth-order valence-electron chi connectivity index (χ4n) is 3.69. The molecule has 136 valence electrons. The Morgan fingerprint density at radius 3 is 2.56 bits per heavy atom. The Morgan fingerprint density at radius 2 is 1.84 bits per heavy atom. The minimum atomic E-state index is -0.344. The number of esters is 1. The number of hydrogen-bond acceptors (Lipinski definition) is 5. The molecule has 25 heavy (non-hydrogen) atoms. The molecule has 1 fully saturated rings. The summed E-state index contributed by atoms with van der Waals surface area (Å²) in [6.45, 7) is 0. The van der Waals surface area contributed by atoms with E-state index >= 15 is 0 Å². The number of thiophene rings is 1. The van der Waals surface area contributed by atoms with Crippen molar-refractivity contribution in [3.63, 3.8) is 0 Å². The quantitative estimate of drug-likeness (QED) is 0.617. The average molecular weight is 381 g/mol. The third-order valence-electron chi connectivity index (χ3n) is 5.00. The number of methoxy groups -OCH3 is 1. The van der Waals surface area contributed by atoms with Gasteiger partial charge in [-0.05, 0) is 56.3 Å². The summed E-state index contributed by atoms with van der Waals surface area (Å²) in [4.78, 5) is 25.8. The van der Waals surface area contributed by atoms with Crippen LogP contribution in [0.2, 0.25) is 0 Å². The van der Waals surface area contributed by atoms with Gasteiger partial charge in [-0.1, -0.05) is 19.3 Å². The molecule has 3 rings (SSSR count). The number of rotatable bonds is 3. The summed E-state index contributed by atoms with van der Waals surface area (Å²) in [5, 5.41) is 6.82. The number of carbonyl (C=O) groups excluding carboxylic acids is 2. The number of carbonyl (C=O) groups is 2. The van der Waals surface area contributed by atoms with E-state index in [4.69, 9.17) is 17.0 Å². The van der Waals surface area contributed by atoms with E-state index in [1.54, 1.807) is 11.3 Å². The van der Waals surface area contributed by atoms with E-state index in [0.717, 1.165) is 56.9 Å². The minimum absolute atomic E-state index is 0.0156. The fraction of sp³-hybridized carbons (Fsp3) is 0.611. The van der Waals surface area contributed by atoms with Crippen molar-refractivity contribution in [2.24, 2.45) is 5.92 Å². The molecule has 1 heterocycles. The molecular weight excluding hydrogens is 356 g/mol. The van der Waals surface area contributed by atoms with Gasteiger partial charge >= 0.3 is 5.97 Å². The van der Waals surface area contributed by atoms with Crippen LogP contribution in [0.5, 0.6) is 0 Å². The molecule has 0 spiro atoms. The molecule has 0 radical (unpaired) electrons. The molecule has 0 bridgehead atoms. The molecule has 1 aromatic rings. The Kier molecular flexibility index (Phi) is 6.06. The van der Waals surface area contributed by atoms with Gasteiger partial charge in [0.2, 0.25) is 5.91 Å². The van der Waals surface area contributed by atoms with Crippen molar-refractivity contribution >= 4 is 45.5 Å². The topological polar surface area (TPSA) is 67.4 Å². The highest BCUT2D eigenvalue weighted by molar-refractivity contribution is 7.80. The smallest absolute Gasteiger partial charge is 0.341 e. The first-order valence-electron chi connectivity index (χ1n) is 8.95. The van der Waals surface area contributed by atoms with Gasteiger partial charge in [0.15, 0.2) is 5.11 Å². The molecule has 1 amide bonds.